The summed E-state index contributed by atoms with van der Waals surface area (Å²) in [5, 5.41) is 28.1. The molecule has 20 rings (SSSR count). The molecule has 30 nitrogen and oxygen atoms in total. The number of hydrogen-bond donors (Lipinski definition) is 4. The second-order valence-electron chi connectivity index (χ2n) is 41.0. The number of piperazine rings is 4. The van der Waals surface area contributed by atoms with Crippen LogP contribution < -0.4 is 38.2 Å². The Morgan fingerprint density at radius 1 is 0.507 bits per heavy atom. The fourth-order valence-corrected chi connectivity index (χ4v) is 24.2. The van der Waals surface area contributed by atoms with E-state index in [4.69, 9.17) is 42.1 Å². The Hall–Kier alpha value is -11.0. The van der Waals surface area contributed by atoms with Crippen LogP contribution in [0.5, 0.6) is 34.5 Å². The quantitative estimate of drug-likeness (QED) is 0.0289. The number of sulfonamides is 2. The summed E-state index contributed by atoms with van der Waals surface area (Å²) >= 11 is 12.5. The number of H-pyrrole nitrogens is 2. The summed E-state index contributed by atoms with van der Waals surface area (Å²) < 4.78 is 85.6. The van der Waals surface area contributed by atoms with Crippen LogP contribution >= 0.6 is 23.2 Å². The molecule has 4 aromatic heterocycles. The molecule has 2 saturated carbocycles. The summed E-state index contributed by atoms with van der Waals surface area (Å²) in [5.74, 6) is -0.660. The predicted octanol–water partition coefficient (Wildman–Crippen LogP) is 17.9. The summed E-state index contributed by atoms with van der Waals surface area (Å²) in [5.41, 5.74) is 11.6. The molecule has 6 aliphatic heterocycles. The number of carbonyl (C=O) groups excluding carboxylic acids is 2. The van der Waals surface area contributed by atoms with E-state index >= 15 is 0 Å². The number of rotatable bonds is 26. The minimum Gasteiger partial charge on any atom is -0.493 e. The molecule has 6 fully saturated rings. The van der Waals surface area contributed by atoms with Crippen LogP contribution in [0.2, 0.25) is 10.0 Å². The summed E-state index contributed by atoms with van der Waals surface area (Å²) in [6.07, 6.45) is 21.4. The van der Waals surface area contributed by atoms with Crippen LogP contribution in [0.1, 0.15) is 162 Å². The lowest BCUT2D eigenvalue weighted by atomic mass is 9.72. The summed E-state index contributed by atoms with van der Waals surface area (Å²) in [6.45, 7) is 29.6. The number of pyridine rings is 2. The standard InChI is InChI=1S/2C52H61ClN8O7S/c2*1-34-30-58(19-22-60(34)40-5-4-6-40)31-35-23-45-47(61(63)64)26-43(27-48(45)67-33-35)69(65,66)56-51(62)44-12-11-41(25-49(44)68-42-24-37-14-16-54-50(37)55-29-42)59-20-17-57(18-21-59)32-38-13-15-52(2,3)28-46(38)36-7-9-39(53)10-8-36/h2*7-12,14,16,24-27,29,34-35,40H,4-6,13,15,17-23,28,30-33H2,1-3H3,(H,54,55)(H,56,62)/t34-,35+;34-,35-/m10/s1. The first-order chi connectivity index (χ1) is 66.3. The molecule has 0 radical (unpaired) electrons. The van der Waals surface area contributed by atoms with Crippen molar-refractivity contribution in [3.8, 4) is 34.5 Å². The number of nitro benzene ring substituents is 2. The average Bonchev–Trinajstić information content (AvgIpc) is 1.25. The predicted molar refractivity (Wildman–Crippen MR) is 536 cm³/mol. The third-order valence-electron chi connectivity index (χ3n) is 30.1. The number of nitrogens with zero attached hydrogens (tertiary/aromatic N) is 12. The second-order valence-corrected chi connectivity index (χ2v) is 45.2. The number of aromatic nitrogens is 4. The molecule has 0 bridgehead atoms. The Morgan fingerprint density at radius 2 is 0.899 bits per heavy atom. The zero-order chi connectivity index (χ0) is 96.1. The Balaban J connectivity index is 0.000000176. The SMILES string of the molecule is C[C@@H]1CN(C[C@H]2COc3cc(S(=O)(=O)NC(=O)c4ccc(N5CCN(CC6=C(c7ccc(Cl)cc7)CC(C)(C)CC6)CC5)cc4Oc4cnc5[nH]ccc5c4)cc([N+](=O)[O-])c3C2)CCN1C1CCC1.C[C@H]1CN(C[C@H]2COc3cc(S(=O)(=O)NC(=O)c4ccc(N5CCN(CC6=C(c7ccc(Cl)cc7)CC(C)(C)CC6)CC5)cc4Oc4cnc5[nH]ccc5c4)cc([N+](=O)[O-])c3C2)CCN1C1CCC1. The molecule has 10 aromatic rings. The zero-order valence-corrected chi connectivity index (χ0v) is 82.3. The summed E-state index contributed by atoms with van der Waals surface area (Å²) in [6, 6.07) is 40.8. The summed E-state index contributed by atoms with van der Waals surface area (Å²) in [4.78, 5) is 85.9. The molecule has 4 aliphatic carbocycles. The van der Waals surface area contributed by atoms with Gasteiger partial charge in [-0.25, -0.2) is 36.2 Å². The first-order valence-electron chi connectivity index (χ1n) is 48.7. The van der Waals surface area contributed by atoms with E-state index in [1.807, 2.05) is 36.4 Å². The molecule has 4 N–H and O–H groups in total. The van der Waals surface area contributed by atoms with Gasteiger partial charge in [0, 0.05) is 235 Å². The molecule has 34 heteroatoms. The Labute approximate surface area is 816 Å². The van der Waals surface area contributed by atoms with Gasteiger partial charge in [0.2, 0.25) is 0 Å². The van der Waals surface area contributed by atoms with Crippen LogP contribution in [0.3, 0.4) is 0 Å². The van der Waals surface area contributed by atoms with Crippen LogP contribution in [0.4, 0.5) is 22.7 Å². The molecular formula is C104H122Cl2N16O14S2. The van der Waals surface area contributed by atoms with Crippen LogP contribution in [0.25, 0.3) is 33.2 Å². The maximum Gasteiger partial charge on any atom is 0.277 e. The van der Waals surface area contributed by atoms with Gasteiger partial charge in [-0.15, -0.1) is 0 Å². The summed E-state index contributed by atoms with van der Waals surface area (Å²) in [7, 11) is -9.27. The number of aromatic amines is 2. The number of anilines is 2. The van der Waals surface area contributed by atoms with Crippen molar-refractivity contribution in [2.24, 2.45) is 22.7 Å². The van der Waals surface area contributed by atoms with E-state index in [1.165, 1.54) is 96.5 Å². The van der Waals surface area contributed by atoms with Gasteiger partial charge < -0.3 is 48.5 Å². The van der Waals surface area contributed by atoms with Gasteiger partial charge in [0.1, 0.15) is 45.8 Å². The molecule has 10 heterocycles. The van der Waals surface area contributed by atoms with E-state index in [1.54, 1.807) is 60.9 Å². The Morgan fingerprint density at radius 3 is 1.27 bits per heavy atom. The highest BCUT2D eigenvalue weighted by molar-refractivity contribution is 7.90. The Kier molecular flexibility index (Phi) is 28.0. The van der Waals surface area contributed by atoms with E-state index in [2.05, 4.69) is 134 Å². The maximum atomic E-state index is 14.2. The topological polar surface area (TPSA) is 333 Å². The van der Waals surface area contributed by atoms with Crippen molar-refractivity contribution >= 4 is 111 Å². The van der Waals surface area contributed by atoms with Gasteiger partial charge in [-0.3, -0.25) is 49.4 Å². The highest BCUT2D eigenvalue weighted by atomic mass is 35.5. The Bertz CT molecular complexity index is 6180. The van der Waals surface area contributed by atoms with Crippen LogP contribution in [0, 0.1) is 42.9 Å². The van der Waals surface area contributed by atoms with Crippen molar-refractivity contribution < 1.29 is 55.2 Å². The van der Waals surface area contributed by atoms with E-state index in [9.17, 15) is 46.7 Å². The van der Waals surface area contributed by atoms with Gasteiger partial charge >= 0.3 is 0 Å². The highest BCUT2D eigenvalue weighted by Gasteiger charge is 2.42. The number of carbonyl (C=O) groups is 2. The highest BCUT2D eigenvalue weighted by Crippen LogP contribution is 2.48. The van der Waals surface area contributed by atoms with Gasteiger partial charge in [0.05, 0.1) is 67.5 Å². The number of halogens is 2. The van der Waals surface area contributed by atoms with E-state index < -0.39 is 51.5 Å². The third kappa shape index (κ3) is 21.8. The van der Waals surface area contributed by atoms with Crippen molar-refractivity contribution in [2.75, 3.05) is 141 Å². The van der Waals surface area contributed by atoms with Crippen molar-refractivity contribution in [1.82, 2.24) is 58.8 Å². The zero-order valence-electron chi connectivity index (χ0n) is 79.2. The number of hydrogen-bond acceptors (Lipinski definition) is 24. The van der Waals surface area contributed by atoms with Crippen LogP contribution in [0.15, 0.2) is 179 Å². The molecule has 10 aliphatic rings. The number of fused-ring (bicyclic) bond motifs is 4. The lowest BCUT2D eigenvalue weighted by Crippen LogP contribution is -2.57. The van der Waals surface area contributed by atoms with E-state index in [-0.39, 0.29) is 68.2 Å². The second kappa shape index (κ2) is 40.3. The molecule has 6 aromatic carbocycles. The monoisotopic (exact) mass is 1950 g/mol. The molecule has 4 saturated heterocycles. The maximum absolute atomic E-state index is 14.2. The minimum atomic E-state index is -4.63. The van der Waals surface area contributed by atoms with Crippen LogP contribution in [-0.2, 0) is 32.9 Å². The molecule has 728 valence electrons. The molecule has 4 atom stereocenters. The van der Waals surface area contributed by atoms with Crippen molar-refractivity contribution in [3.63, 3.8) is 0 Å². The van der Waals surface area contributed by atoms with E-state index in [0.29, 0.717) is 84.1 Å². The van der Waals surface area contributed by atoms with Crippen LogP contribution in [-0.4, -0.2) is 243 Å². The largest absolute Gasteiger partial charge is 0.493 e. The first kappa shape index (κ1) is 95.9. The smallest absolute Gasteiger partial charge is 0.277 e. The van der Waals surface area contributed by atoms with Crippen molar-refractivity contribution in [2.45, 2.75) is 165 Å². The molecular weight excluding hydrogens is 1830 g/mol. The first-order valence-corrected chi connectivity index (χ1v) is 52.4. The number of allylic oxidation sites excluding steroid dienone is 2. The van der Waals surface area contributed by atoms with Gasteiger partial charge in [0.25, 0.3) is 43.2 Å². The number of amides is 2. The van der Waals surface area contributed by atoms with Gasteiger partial charge in [-0.2, -0.15) is 0 Å². The normalized spacial score (nSPS) is 21.7. The number of nitrogens with one attached hydrogen (secondary N) is 4. The molecule has 2 amide bonds. The van der Waals surface area contributed by atoms with E-state index in [0.717, 1.165) is 201 Å². The van der Waals surface area contributed by atoms with Crippen molar-refractivity contribution in [1.29, 1.82) is 0 Å². The number of ether oxygens (including phenoxy) is 4. The van der Waals surface area contributed by atoms with Gasteiger partial charge in [-0.05, 0) is 197 Å². The number of benzene rings is 6. The molecule has 0 unspecified atom stereocenters. The van der Waals surface area contributed by atoms with Gasteiger partial charge in [-0.1, -0.05) is 99.2 Å². The van der Waals surface area contributed by atoms with Crippen molar-refractivity contribution in [3.05, 3.63) is 233 Å². The molecule has 138 heavy (non-hydrogen) atoms. The minimum absolute atomic E-state index is 0.000219. The lowest BCUT2D eigenvalue weighted by molar-refractivity contribution is -0.386. The fraction of sp³-hybridized carbons (Fsp3) is 0.462. The van der Waals surface area contributed by atoms with Gasteiger partial charge in [0.15, 0.2) is 0 Å². The average molecular weight is 1960 g/mol. The lowest BCUT2D eigenvalue weighted by Gasteiger charge is -2.47. The third-order valence-corrected chi connectivity index (χ3v) is 33.2. The molecule has 0 spiro atoms. The number of nitro groups is 2. The fourth-order valence-electron chi connectivity index (χ4n) is 22.0.